The van der Waals surface area contributed by atoms with Gasteiger partial charge < -0.3 is 10.3 Å². The van der Waals surface area contributed by atoms with E-state index in [1.54, 1.807) is 5.56 Å². The van der Waals surface area contributed by atoms with Crippen molar-refractivity contribution in [3.8, 4) is 0 Å². The molecule has 0 aliphatic heterocycles. The second-order valence-electron chi connectivity index (χ2n) is 7.04. The highest BCUT2D eigenvalue weighted by Gasteiger charge is 2.29. The highest BCUT2D eigenvalue weighted by molar-refractivity contribution is 5.85. The highest BCUT2D eigenvalue weighted by Crippen LogP contribution is 2.36. The third-order valence-corrected chi connectivity index (χ3v) is 5.64. The first-order chi connectivity index (χ1) is 10.3. The number of fused-ring (bicyclic) bond motifs is 3. The van der Waals surface area contributed by atoms with E-state index < -0.39 is 0 Å². The fourth-order valence-electron chi connectivity index (χ4n) is 4.40. The van der Waals surface area contributed by atoms with E-state index >= 15 is 0 Å². The molecule has 2 aromatic rings. The Morgan fingerprint density at radius 2 is 1.90 bits per heavy atom. The van der Waals surface area contributed by atoms with Crippen molar-refractivity contribution < 1.29 is 0 Å². The number of hydrogen-bond acceptors (Lipinski definition) is 1. The van der Waals surface area contributed by atoms with Crippen LogP contribution in [-0.2, 0) is 6.42 Å². The first kappa shape index (κ1) is 13.4. The lowest BCUT2D eigenvalue weighted by Crippen LogP contribution is -2.40. The van der Waals surface area contributed by atoms with Crippen molar-refractivity contribution in [1.29, 1.82) is 0 Å². The molecule has 1 aromatic carbocycles. The maximum Gasteiger partial charge on any atom is 0.0478 e. The second kappa shape index (κ2) is 5.49. The average molecular weight is 282 g/mol. The van der Waals surface area contributed by atoms with Crippen LogP contribution in [0.1, 0.15) is 62.7 Å². The lowest BCUT2D eigenvalue weighted by Gasteiger charge is -2.35. The smallest absolute Gasteiger partial charge is 0.0478 e. The van der Waals surface area contributed by atoms with Crippen molar-refractivity contribution >= 4 is 10.9 Å². The largest absolute Gasteiger partial charge is 0.357 e. The van der Waals surface area contributed by atoms with Crippen molar-refractivity contribution in [3.63, 3.8) is 0 Å². The summed E-state index contributed by atoms with van der Waals surface area (Å²) in [5.41, 5.74) is 4.35. The Morgan fingerprint density at radius 1 is 1.05 bits per heavy atom. The third-order valence-electron chi connectivity index (χ3n) is 5.64. The molecule has 3 atom stereocenters. The first-order valence-electron chi connectivity index (χ1n) is 8.68. The highest BCUT2D eigenvalue weighted by atomic mass is 15.0. The van der Waals surface area contributed by atoms with Gasteiger partial charge in [-0.15, -0.1) is 0 Å². The SMILES string of the molecule is CC1CCCCC1NC1CCCc2c1[nH]c1ccccc21. The van der Waals surface area contributed by atoms with Crippen LogP contribution in [0.5, 0.6) is 0 Å². The van der Waals surface area contributed by atoms with Gasteiger partial charge in [-0.2, -0.15) is 0 Å². The van der Waals surface area contributed by atoms with E-state index in [0.29, 0.717) is 12.1 Å². The Morgan fingerprint density at radius 3 is 2.81 bits per heavy atom. The molecule has 1 fully saturated rings. The van der Waals surface area contributed by atoms with E-state index in [-0.39, 0.29) is 0 Å². The van der Waals surface area contributed by atoms with Gasteiger partial charge in [0.1, 0.15) is 0 Å². The molecule has 2 N–H and O–H groups in total. The van der Waals surface area contributed by atoms with Gasteiger partial charge in [0, 0.05) is 28.7 Å². The van der Waals surface area contributed by atoms with E-state index in [4.69, 9.17) is 0 Å². The maximum absolute atomic E-state index is 3.99. The van der Waals surface area contributed by atoms with E-state index in [2.05, 4.69) is 41.5 Å². The van der Waals surface area contributed by atoms with Crippen LogP contribution in [0.4, 0.5) is 0 Å². The van der Waals surface area contributed by atoms with Gasteiger partial charge in [0.05, 0.1) is 0 Å². The minimum Gasteiger partial charge on any atom is -0.357 e. The fraction of sp³-hybridized carbons (Fsp3) is 0.579. The van der Waals surface area contributed by atoms with Crippen molar-refractivity contribution in [2.24, 2.45) is 5.92 Å². The van der Waals surface area contributed by atoms with Crippen LogP contribution in [0.15, 0.2) is 24.3 Å². The summed E-state index contributed by atoms with van der Waals surface area (Å²) in [4.78, 5) is 3.71. The molecule has 0 amide bonds. The summed E-state index contributed by atoms with van der Waals surface area (Å²) in [7, 11) is 0. The van der Waals surface area contributed by atoms with Crippen LogP contribution in [0, 0.1) is 5.92 Å². The van der Waals surface area contributed by atoms with Gasteiger partial charge in [-0.25, -0.2) is 0 Å². The molecule has 1 heterocycles. The van der Waals surface area contributed by atoms with Gasteiger partial charge in [0.2, 0.25) is 0 Å². The first-order valence-corrected chi connectivity index (χ1v) is 8.68. The van der Waals surface area contributed by atoms with Gasteiger partial charge in [-0.3, -0.25) is 0 Å². The third kappa shape index (κ3) is 2.40. The quantitative estimate of drug-likeness (QED) is 0.820. The Kier molecular flexibility index (Phi) is 3.50. The van der Waals surface area contributed by atoms with Crippen LogP contribution in [-0.4, -0.2) is 11.0 Å². The Hall–Kier alpha value is -1.28. The van der Waals surface area contributed by atoms with Gasteiger partial charge in [0.15, 0.2) is 0 Å². The standard InChI is InChI=1S/C19H26N2/c1-13-7-2-4-10-16(13)20-18-12-6-9-15-14-8-3-5-11-17(14)21-19(15)18/h3,5,8,11,13,16,18,20-21H,2,4,6-7,9-10,12H2,1H3. The van der Waals surface area contributed by atoms with Crippen LogP contribution in [0.2, 0.25) is 0 Å². The molecule has 1 saturated carbocycles. The van der Waals surface area contributed by atoms with Gasteiger partial charge in [-0.1, -0.05) is 38.0 Å². The van der Waals surface area contributed by atoms with E-state index in [9.17, 15) is 0 Å². The fourth-order valence-corrected chi connectivity index (χ4v) is 4.40. The Balaban J connectivity index is 1.63. The molecule has 112 valence electrons. The summed E-state index contributed by atoms with van der Waals surface area (Å²) in [6, 6.07) is 10.0. The number of hydrogen-bond donors (Lipinski definition) is 2. The summed E-state index contributed by atoms with van der Waals surface area (Å²) in [6.07, 6.45) is 9.39. The number of aromatic nitrogens is 1. The second-order valence-corrected chi connectivity index (χ2v) is 7.04. The average Bonchev–Trinajstić information content (AvgIpc) is 2.89. The number of nitrogens with one attached hydrogen (secondary N) is 2. The number of benzene rings is 1. The molecule has 0 radical (unpaired) electrons. The normalized spacial score (nSPS) is 29.5. The van der Waals surface area contributed by atoms with Crippen molar-refractivity contribution in [1.82, 2.24) is 10.3 Å². The molecule has 1 aromatic heterocycles. The number of H-pyrrole nitrogens is 1. The number of rotatable bonds is 2. The van der Waals surface area contributed by atoms with Gasteiger partial charge >= 0.3 is 0 Å². The summed E-state index contributed by atoms with van der Waals surface area (Å²) < 4.78 is 0. The molecular formula is C19H26N2. The summed E-state index contributed by atoms with van der Waals surface area (Å²) in [5, 5.41) is 5.43. The van der Waals surface area contributed by atoms with E-state index in [1.807, 2.05) is 0 Å². The molecule has 0 saturated heterocycles. The zero-order valence-corrected chi connectivity index (χ0v) is 13.0. The molecule has 21 heavy (non-hydrogen) atoms. The van der Waals surface area contributed by atoms with Crippen LogP contribution < -0.4 is 5.32 Å². The monoisotopic (exact) mass is 282 g/mol. The Bertz CT molecular complexity index is 628. The van der Waals surface area contributed by atoms with Crippen molar-refractivity contribution in [2.75, 3.05) is 0 Å². The maximum atomic E-state index is 3.99. The van der Waals surface area contributed by atoms with Gasteiger partial charge in [0.25, 0.3) is 0 Å². The molecular weight excluding hydrogens is 256 g/mol. The number of aryl methyl sites for hydroxylation is 1. The predicted molar refractivity (Wildman–Crippen MR) is 88.5 cm³/mol. The minimum absolute atomic E-state index is 0.534. The number of aromatic amines is 1. The lowest BCUT2D eigenvalue weighted by atomic mass is 9.84. The molecule has 2 nitrogen and oxygen atoms in total. The molecule has 4 rings (SSSR count). The zero-order valence-electron chi connectivity index (χ0n) is 13.0. The summed E-state index contributed by atoms with van der Waals surface area (Å²) in [6.45, 7) is 2.42. The van der Waals surface area contributed by atoms with Gasteiger partial charge in [-0.05, 0) is 49.7 Å². The van der Waals surface area contributed by atoms with Crippen molar-refractivity contribution in [3.05, 3.63) is 35.5 Å². The lowest BCUT2D eigenvalue weighted by molar-refractivity contribution is 0.248. The van der Waals surface area contributed by atoms with Crippen LogP contribution in [0.25, 0.3) is 10.9 Å². The Labute approximate surface area is 127 Å². The topological polar surface area (TPSA) is 27.8 Å². The summed E-state index contributed by atoms with van der Waals surface area (Å²) >= 11 is 0. The minimum atomic E-state index is 0.534. The molecule has 2 heteroatoms. The predicted octanol–water partition coefficient (Wildman–Crippen LogP) is 4.71. The van der Waals surface area contributed by atoms with Crippen LogP contribution in [0.3, 0.4) is 0 Å². The molecule has 0 bridgehead atoms. The molecule has 0 spiro atoms. The van der Waals surface area contributed by atoms with Crippen molar-refractivity contribution in [2.45, 2.75) is 64.0 Å². The zero-order chi connectivity index (χ0) is 14.2. The van der Waals surface area contributed by atoms with E-state index in [0.717, 1.165) is 5.92 Å². The van der Waals surface area contributed by atoms with Crippen LogP contribution >= 0.6 is 0 Å². The molecule has 2 aliphatic rings. The summed E-state index contributed by atoms with van der Waals surface area (Å²) in [5.74, 6) is 0.827. The molecule has 3 unspecified atom stereocenters. The van der Waals surface area contributed by atoms with E-state index in [1.165, 1.54) is 61.5 Å². The molecule has 2 aliphatic carbocycles. The number of para-hydroxylation sites is 1.